The van der Waals surface area contributed by atoms with Crippen LogP contribution in [0.5, 0.6) is 0 Å². The van der Waals surface area contributed by atoms with Gasteiger partial charge in [-0.05, 0) is 29.3 Å². The Kier molecular flexibility index (Phi) is 3.04. The van der Waals surface area contributed by atoms with E-state index in [0.29, 0.717) is 12.3 Å². The zero-order chi connectivity index (χ0) is 9.19. The van der Waals surface area contributed by atoms with Gasteiger partial charge in [0, 0.05) is 6.42 Å². The largest absolute Gasteiger partial charge is 0.481 e. The van der Waals surface area contributed by atoms with Crippen molar-refractivity contribution in [2.45, 2.75) is 26.7 Å². The smallest absolute Gasteiger partial charge is 0.303 e. The van der Waals surface area contributed by atoms with E-state index < -0.39 is 5.97 Å². The lowest BCUT2D eigenvalue weighted by Gasteiger charge is -2.37. The van der Waals surface area contributed by atoms with E-state index >= 15 is 0 Å². The van der Waals surface area contributed by atoms with Crippen LogP contribution >= 0.6 is 11.8 Å². The van der Waals surface area contributed by atoms with Gasteiger partial charge in [0.1, 0.15) is 0 Å². The van der Waals surface area contributed by atoms with E-state index in [2.05, 4.69) is 13.8 Å². The summed E-state index contributed by atoms with van der Waals surface area (Å²) < 4.78 is 0. The van der Waals surface area contributed by atoms with E-state index in [1.165, 1.54) is 0 Å². The molecule has 0 aliphatic carbocycles. The van der Waals surface area contributed by atoms with Crippen molar-refractivity contribution >= 4 is 17.7 Å². The van der Waals surface area contributed by atoms with Crippen LogP contribution in [0.3, 0.4) is 0 Å². The van der Waals surface area contributed by atoms with Crippen molar-refractivity contribution < 1.29 is 9.90 Å². The molecule has 0 aromatic rings. The van der Waals surface area contributed by atoms with E-state index in [4.69, 9.17) is 5.11 Å². The number of thioether (sulfide) groups is 1. The van der Waals surface area contributed by atoms with Crippen LogP contribution in [0.1, 0.15) is 26.7 Å². The quantitative estimate of drug-likeness (QED) is 0.722. The molecule has 0 aromatic heterocycles. The van der Waals surface area contributed by atoms with Crippen molar-refractivity contribution in [3.8, 4) is 0 Å². The van der Waals surface area contributed by atoms with Crippen molar-refractivity contribution in [2.75, 3.05) is 11.5 Å². The molecule has 12 heavy (non-hydrogen) atoms. The van der Waals surface area contributed by atoms with E-state index in [1.54, 1.807) is 0 Å². The summed E-state index contributed by atoms with van der Waals surface area (Å²) >= 11 is 1.94. The highest BCUT2D eigenvalue weighted by Crippen LogP contribution is 2.40. The predicted molar refractivity (Wildman–Crippen MR) is 51.5 cm³/mol. The first kappa shape index (κ1) is 9.90. The molecule has 0 amide bonds. The van der Waals surface area contributed by atoms with Crippen LogP contribution in [0, 0.1) is 11.3 Å². The number of carboxylic acid groups (broad SMARTS) is 1. The van der Waals surface area contributed by atoms with Crippen molar-refractivity contribution in [1.29, 1.82) is 0 Å². The first-order valence-corrected chi connectivity index (χ1v) is 5.47. The van der Waals surface area contributed by atoms with Gasteiger partial charge in [-0.1, -0.05) is 13.8 Å². The van der Waals surface area contributed by atoms with Gasteiger partial charge in [-0.2, -0.15) is 11.8 Å². The van der Waals surface area contributed by atoms with Gasteiger partial charge >= 0.3 is 5.97 Å². The fourth-order valence-electron chi connectivity index (χ4n) is 1.66. The van der Waals surface area contributed by atoms with E-state index in [9.17, 15) is 4.79 Å². The van der Waals surface area contributed by atoms with Gasteiger partial charge in [-0.25, -0.2) is 0 Å². The summed E-state index contributed by atoms with van der Waals surface area (Å²) in [6, 6.07) is 0. The molecular weight excluding hydrogens is 172 g/mol. The van der Waals surface area contributed by atoms with Gasteiger partial charge in [0.05, 0.1) is 0 Å². The van der Waals surface area contributed by atoms with Crippen molar-refractivity contribution in [3.63, 3.8) is 0 Å². The molecule has 1 fully saturated rings. The average Bonchev–Trinajstić information content (AvgIpc) is 1.92. The SMILES string of the molecule is CC1(C)CSCCC1CC(=O)O. The summed E-state index contributed by atoms with van der Waals surface area (Å²) in [5.41, 5.74) is 0.210. The molecule has 1 aliphatic rings. The molecule has 1 unspecified atom stereocenters. The number of carboxylic acids is 1. The van der Waals surface area contributed by atoms with Gasteiger partial charge in [0.15, 0.2) is 0 Å². The molecule has 1 saturated heterocycles. The maximum Gasteiger partial charge on any atom is 0.303 e. The van der Waals surface area contributed by atoms with Gasteiger partial charge in [-0.15, -0.1) is 0 Å². The Morgan fingerprint density at radius 1 is 1.67 bits per heavy atom. The highest BCUT2D eigenvalue weighted by Gasteiger charge is 2.33. The summed E-state index contributed by atoms with van der Waals surface area (Å²) in [4.78, 5) is 10.5. The molecule has 0 bridgehead atoms. The minimum Gasteiger partial charge on any atom is -0.481 e. The van der Waals surface area contributed by atoms with Crippen molar-refractivity contribution in [1.82, 2.24) is 0 Å². The van der Waals surface area contributed by atoms with Gasteiger partial charge in [0.25, 0.3) is 0 Å². The number of hydrogen-bond donors (Lipinski definition) is 1. The molecule has 0 radical (unpaired) electrons. The van der Waals surface area contributed by atoms with E-state index in [1.807, 2.05) is 11.8 Å². The van der Waals surface area contributed by atoms with E-state index in [0.717, 1.165) is 17.9 Å². The molecule has 1 rings (SSSR count). The molecule has 2 nitrogen and oxygen atoms in total. The standard InChI is InChI=1S/C9H16O2S/c1-9(2)6-12-4-3-7(9)5-8(10)11/h7H,3-6H2,1-2H3,(H,10,11). The van der Waals surface area contributed by atoms with Crippen LogP contribution in [0.2, 0.25) is 0 Å². The third kappa shape index (κ3) is 2.41. The molecule has 3 heteroatoms. The Balaban J connectivity index is 2.54. The molecule has 0 aromatic carbocycles. The third-order valence-corrected chi connectivity index (χ3v) is 4.08. The summed E-state index contributed by atoms with van der Waals surface area (Å²) in [6.07, 6.45) is 1.40. The Labute approximate surface area is 77.7 Å². The summed E-state index contributed by atoms with van der Waals surface area (Å²) in [5.74, 6) is 1.95. The first-order chi connectivity index (χ1) is 5.52. The number of carbonyl (C=O) groups is 1. The van der Waals surface area contributed by atoms with Gasteiger partial charge in [0.2, 0.25) is 0 Å². The van der Waals surface area contributed by atoms with Crippen LogP contribution in [0.25, 0.3) is 0 Å². The van der Waals surface area contributed by atoms with Crippen LogP contribution < -0.4 is 0 Å². The molecule has 1 heterocycles. The third-order valence-electron chi connectivity index (χ3n) is 2.61. The minimum absolute atomic E-state index is 0.210. The zero-order valence-electron chi connectivity index (χ0n) is 7.67. The zero-order valence-corrected chi connectivity index (χ0v) is 8.49. The maximum atomic E-state index is 10.5. The second kappa shape index (κ2) is 3.69. The van der Waals surface area contributed by atoms with Crippen LogP contribution in [-0.4, -0.2) is 22.6 Å². The monoisotopic (exact) mass is 188 g/mol. The summed E-state index contributed by atoms with van der Waals surface area (Å²) in [7, 11) is 0. The summed E-state index contributed by atoms with van der Waals surface area (Å²) in [6.45, 7) is 4.35. The van der Waals surface area contributed by atoms with Gasteiger partial charge < -0.3 is 5.11 Å². The fraction of sp³-hybridized carbons (Fsp3) is 0.889. The van der Waals surface area contributed by atoms with Gasteiger partial charge in [-0.3, -0.25) is 4.79 Å². The number of aliphatic carboxylic acids is 1. The molecule has 1 atom stereocenters. The minimum atomic E-state index is -0.653. The topological polar surface area (TPSA) is 37.3 Å². The summed E-state index contributed by atoms with van der Waals surface area (Å²) in [5, 5.41) is 8.69. The molecule has 70 valence electrons. The first-order valence-electron chi connectivity index (χ1n) is 4.32. The Morgan fingerprint density at radius 3 is 2.83 bits per heavy atom. The second-order valence-electron chi connectivity index (χ2n) is 4.12. The lowest BCUT2D eigenvalue weighted by atomic mass is 9.76. The lowest BCUT2D eigenvalue weighted by Crippen LogP contribution is -2.32. The normalized spacial score (nSPS) is 28.3. The number of hydrogen-bond acceptors (Lipinski definition) is 2. The molecule has 1 N–H and O–H groups in total. The highest BCUT2D eigenvalue weighted by atomic mass is 32.2. The lowest BCUT2D eigenvalue weighted by molar-refractivity contribution is -0.139. The van der Waals surface area contributed by atoms with E-state index in [-0.39, 0.29) is 5.41 Å². The maximum absolute atomic E-state index is 10.5. The van der Waals surface area contributed by atoms with Crippen LogP contribution in [-0.2, 0) is 4.79 Å². The predicted octanol–water partition coefficient (Wildman–Crippen LogP) is 2.24. The van der Waals surface area contributed by atoms with Crippen LogP contribution in [0.4, 0.5) is 0 Å². The van der Waals surface area contributed by atoms with Crippen LogP contribution in [0.15, 0.2) is 0 Å². The molecule has 0 saturated carbocycles. The fourth-order valence-corrected chi connectivity index (χ4v) is 3.02. The average molecular weight is 188 g/mol. The van der Waals surface area contributed by atoms with Crippen molar-refractivity contribution in [3.05, 3.63) is 0 Å². The highest BCUT2D eigenvalue weighted by molar-refractivity contribution is 7.99. The number of rotatable bonds is 2. The van der Waals surface area contributed by atoms with Crippen molar-refractivity contribution in [2.24, 2.45) is 11.3 Å². The molecule has 0 spiro atoms. The molecule has 1 aliphatic heterocycles. The Bertz CT molecular complexity index is 177. The second-order valence-corrected chi connectivity index (χ2v) is 5.23. The molecular formula is C9H16O2S. The Morgan fingerprint density at radius 2 is 2.33 bits per heavy atom. The Hall–Kier alpha value is -0.180.